The number of aliphatic imine (C=N–C) groups is 1. The van der Waals surface area contributed by atoms with Gasteiger partial charge in [-0.05, 0) is 28.4 Å². The number of nitrogens with one attached hydrogen (secondary N) is 1. The molecule has 24 heavy (non-hydrogen) atoms. The Kier molecular flexibility index (Phi) is 10.8. The molecule has 0 fully saturated rings. The van der Waals surface area contributed by atoms with Gasteiger partial charge in [0.2, 0.25) is 0 Å². The van der Waals surface area contributed by atoms with E-state index in [9.17, 15) is 0 Å². The average Bonchev–Trinajstić information content (AvgIpc) is 2.86. The van der Waals surface area contributed by atoms with Crippen LogP contribution >= 0.6 is 15.9 Å². The van der Waals surface area contributed by atoms with Gasteiger partial charge >= 0.3 is 0 Å². The predicted molar refractivity (Wildman–Crippen MR) is 102 cm³/mol. The predicted octanol–water partition coefficient (Wildman–Crippen LogP) is 2.63. The minimum Gasteiger partial charge on any atom is -0.379 e. The summed E-state index contributed by atoms with van der Waals surface area (Å²) < 4.78 is 14.2. The highest BCUT2D eigenvalue weighted by Crippen LogP contribution is 2.14. The van der Waals surface area contributed by atoms with Gasteiger partial charge in [0.15, 0.2) is 5.96 Å². The van der Waals surface area contributed by atoms with Crippen molar-refractivity contribution in [2.24, 2.45) is 12.0 Å². The molecule has 7 heteroatoms. The maximum Gasteiger partial charge on any atom is 0.193 e. The summed E-state index contributed by atoms with van der Waals surface area (Å²) in [6, 6.07) is 2.12. The van der Waals surface area contributed by atoms with Crippen molar-refractivity contribution >= 4 is 21.9 Å². The fourth-order valence-corrected chi connectivity index (χ4v) is 2.80. The van der Waals surface area contributed by atoms with Gasteiger partial charge in [-0.1, -0.05) is 13.3 Å². The molecular weight excluding hydrogens is 372 g/mol. The number of hydrogen-bond donors (Lipinski definition) is 1. The second-order valence-electron chi connectivity index (χ2n) is 5.67. The maximum absolute atomic E-state index is 5.56. The number of halogens is 1. The van der Waals surface area contributed by atoms with Crippen LogP contribution in [-0.2, 0) is 23.1 Å². The highest BCUT2D eigenvalue weighted by molar-refractivity contribution is 9.10. The van der Waals surface area contributed by atoms with E-state index in [1.165, 1.54) is 5.69 Å². The van der Waals surface area contributed by atoms with Crippen molar-refractivity contribution in [1.29, 1.82) is 0 Å². The number of nitrogens with zero attached hydrogens (tertiary/aromatic N) is 3. The van der Waals surface area contributed by atoms with E-state index >= 15 is 0 Å². The van der Waals surface area contributed by atoms with Crippen molar-refractivity contribution < 1.29 is 9.47 Å². The third-order valence-electron chi connectivity index (χ3n) is 3.59. The van der Waals surface area contributed by atoms with Gasteiger partial charge in [0, 0.05) is 50.7 Å². The van der Waals surface area contributed by atoms with Gasteiger partial charge in [0.25, 0.3) is 0 Å². The Hall–Kier alpha value is -1.05. The number of unbranched alkanes of at least 4 members (excludes halogenated alkanes) is 1. The van der Waals surface area contributed by atoms with Gasteiger partial charge < -0.3 is 24.3 Å². The van der Waals surface area contributed by atoms with Gasteiger partial charge in [0.1, 0.15) is 0 Å². The highest BCUT2D eigenvalue weighted by atomic mass is 79.9. The number of hydrogen-bond acceptors (Lipinski definition) is 3. The summed E-state index contributed by atoms with van der Waals surface area (Å²) in [6.07, 6.45) is 4.33. The summed E-state index contributed by atoms with van der Waals surface area (Å²) >= 11 is 3.50. The molecule has 0 amide bonds. The van der Waals surface area contributed by atoms with Crippen molar-refractivity contribution in [2.45, 2.75) is 26.3 Å². The van der Waals surface area contributed by atoms with Crippen molar-refractivity contribution in [3.8, 4) is 0 Å². The smallest absolute Gasteiger partial charge is 0.193 e. The average molecular weight is 403 g/mol. The van der Waals surface area contributed by atoms with E-state index in [0.29, 0.717) is 19.8 Å². The second-order valence-corrected chi connectivity index (χ2v) is 6.58. The lowest BCUT2D eigenvalue weighted by molar-refractivity contribution is 0.0486. The number of rotatable bonds is 11. The Labute approximate surface area is 154 Å². The largest absolute Gasteiger partial charge is 0.379 e. The molecule has 0 unspecified atom stereocenters. The van der Waals surface area contributed by atoms with Crippen LogP contribution in [0.2, 0.25) is 0 Å². The van der Waals surface area contributed by atoms with Gasteiger partial charge in [0.05, 0.1) is 26.4 Å². The van der Waals surface area contributed by atoms with Crippen LogP contribution < -0.4 is 5.32 Å². The first-order chi connectivity index (χ1) is 11.6. The number of aromatic nitrogens is 1. The Morgan fingerprint density at radius 3 is 2.58 bits per heavy atom. The molecule has 6 nitrogen and oxygen atoms in total. The fourth-order valence-electron chi connectivity index (χ4n) is 2.23. The molecule has 0 aliphatic rings. The van der Waals surface area contributed by atoms with E-state index in [1.807, 2.05) is 14.1 Å². The first-order valence-electron chi connectivity index (χ1n) is 8.46. The minimum atomic E-state index is 0.636. The lowest BCUT2D eigenvalue weighted by atomic mass is 10.4. The Morgan fingerprint density at radius 2 is 2.00 bits per heavy atom. The molecule has 0 atom stereocenters. The van der Waals surface area contributed by atoms with Crippen LogP contribution in [0, 0.1) is 0 Å². The van der Waals surface area contributed by atoms with E-state index < -0.39 is 0 Å². The maximum atomic E-state index is 5.56. The van der Waals surface area contributed by atoms with E-state index in [4.69, 9.17) is 9.47 Å². The zero-order chi connectivity index (χ0) is 17.8. The normalized spacial score (nSPS) is 11.8. The summed E-state index contributed by atoms with van der Waals surface area (Å²) in [6.45, 7) is 6.43. The van der Waals surface area contributed by atoms with Crippen molar-refractivity contribution in [2.75, 3.05) is 47.1 Å². The summed E-state index contributed by atoms with van der Waals surface area (Å²) in [7, 11) is 5.86. The standard InChI is InChI=1S/C17H31BrN4O2/c1-5-6-8-23-10-11-24-9-7-20-17(19-2)22(4)14-16-12-15(18)13-21(16)3/h12-13H,5-11,14H2,1-4H3,(H,19,20). The molecule has 0 aliphatic heterocycles. The monoisotopic (exact) mass is 402 g/mol. The Morgan fingerprint density at radius 1 is 1.29 bits per heavy atom. The second kappa shape index (κ2) is 12.3. The molecule has 0 saturated heterocycles. The molecule has 0 bridgehead atoms. The molecule has 0 saturated carbocycles. The highest BCUT2D eigenvalue weighted by Gasteiger charge is 2.09. The topological polar surface area (TPSA) is 51.0 Å². The molecule has 0 spiro atoms. The fraction of sp³-hybridized carbons (Fsp3) is 0.706. The zero-order valence-electron chi connectivity index (χ0n) is 15.3. The number of ether oxygens (including phenoxy) is 2. The molecule has 1 aromatic rings. The lowest BCUT2D eigenvalue weighted by Crippen LogP contribution is -2.40. The molecule has 0 aliphatic carbocycles. The van der Waals surface area contributed by atoms with E-state index in [1.54, 1.807) is 7.05 Å². The molecule has 1 heterocycles. The van der Waals surface area contributed by atoms with Crippen LogP contribution in [-0.4, -0.2) is 62.5 Å². The molecule has 138 valence electrons. The van der Waals surface area contributed by atoms with Gasteiger partial charge in [-0.25, -0.2) is 0 Å². The van der Waals surface area contributed by atoms with Crippen molar-refractivity contribution in [1.82, 2.24) is 14.8 Å². The molecule has 0 radical (unpaired) electrons. The minimum absolute atomic E-state index is 0.636. The summed E-state index contributed by atoms with van der Waals surface area (Å²) in [5.41, 5.74) is 1.22. The van der Waals surface area contributed by atoms with E-state index in [0.717, 1.165) is 43.0 Å². The first-order valence-corrected chi connectivity index (χ1v) is 9.25. The zero-order valence-corrected chi connectivity index (χ0v) is 16.9. The third kappa shape index (κ3) is 8.17. The molecule has 0 aromatic carbocycles. The summed E-state index contributed by atoms with van der Waals surface area (Å²) in [4.78, 5) is 6.41. The van der Waals surface area contributed by atoms with Crippen LogP contribution in [0.1, 0.15) is 25.5 Å². The van der Waals surface area contributed by atoms with E-state index in [2.05, 4.69) is 54.9 Å². The molecule has 1 aromatic heterocycles. The van der Waals surface area contributed by atoms with Crippen LogP contribution in [0.5, 0.6) is 0 Å². The molecule has 1 N–H and O–H groups in total. The molecular formula is C17H31BrN4O2. The Balaban J connectivity index is 2.19. The quantitative estimate of drug-likeness (QED) is 0.351. The van der Waals surface area contributed by atoms with Crippen LogP contribution in [0.25, 0.3) is 0 Å². The van der Waals surface area contributed by atoms with E-state index in [-0.39, 0.29) is 0 Å². The number of aryl methyl sites for hydroxylation is 1. The van der Waals surface area contributed by atoms with Crippen LogP contribution in [0.4, 0.5) is 0 Å². The Bertz CT molecular complexity index is 491. The third-order valence-corrected chi connectivity index (χ3v) is 4.02. The lowest BCUT2D eigenvalue weighted by Gasteiger charge is -2.22. The van der Waals surface area contributed by atoms with Gasteiger partial charge in [-0.15, -0.1) is 0 Å². The summed E-state index contributed by atoms with van der Waals surface area (Å²) in [5.74, 6) is 0.857. The summed E-state index contributed by atoms with van der Waals surface area (Å²) in [5, 5.41) is 3.32. The van der Waals surface area contributed by atoms with Crippen molar-refractivity contribution in [3.05, 3.63) is 22.4 Å². The number of guanidine groups is 1. The molecule has 1 rings (SSSR count). The van der Waals surface area contributed by atoms with Crippen LogP contribution in [0.3, 0.4) is 0 Å². The van der Waals surface area contributed by atoms with Crippen molar-refractivity contribution in [3.63, 3.8) is 0 Å². The first kappa shape index (κ1) is 21.0. The van der Waals surface area contributed by atoms with Crippen LogP contribution in [0.15, 0.2) is 21.7 Å². The SMILES string of the molecule is CCCCOCCOCCNC(=NC)N(C)Cc1cc(Br)cn1C. The van der Waals surface area contributed by atoms with Gasteiger partial charge in [-0.3, -0.25) is 4.99 Å². The van der Waals surface area contributed by atoms with Gasteiger partial charge in [-0.2, -0.15) is 0 Å².